The van der Waals surface area contributed by atoms with Gasteiger partial charge in [0.25, 0.3) is 5.91 Å². The lowest BCUT2D eigenvalue weighted by Gasteiger charge is -2.31. The first kappa shape index (κ1) is 16.7. The summed E-state index contributed by atoms with van der Waals surface area (Å²) in [7, 11) is 0. The van der Waals surface area contributed by atoms with Gasteiger partial charge in [0.2, 0.25) is 0 Å². The molecule has 6 heteroatoms. The lowest BCUT2D eigenvalue weighted by molar-refractivity contribution is -0.143. The summed E-state index contributed by atoms with van der Waals surface area (Å²) in [6, 6.07) is 6.22. The maximum Gasteiger partial charge on any atom is 0.252 e. The van der Waals surface area contributed by atoms with Crippen LogP contribution in [0.5, 0.6) is 0 Å². The number of amides is 1. The van der Waals surface area contributed by atoms with E-state index in [0.29, 0.717) is 13.1 Å². The molecule has 0 unspecified atom stereocenters. The second-order valence-corrected chi connectivity index (χ2v) is 6.30. The van der Waals surface area contributed by atoms with Crippen molar-refractivity contribution in [1.29, 1.82) is 0 Å². The summed E-state index contributed by atoms with van der Waals surface area (Å²) in [6.07, 6.45) is 2.34. The third-order valence-electron chi connectivity index (χ3n) is 4.17. The highest BCUT2D eigenvalue weighted by Gasteiger charge is 2.34. The molecule has 1 saturated heterocycles. The molecule has 0 aromatic heterocycles. The fraction of sp³-hybridized carbons (Fsp3) is 0.533. The number of rotatable bonds is 2. The molecule has 21 heavy (non-hydrogen) atoms. The first-order valence-corrected chi connectivity index (χ1v) is 7.89. The van der Waals surface area contributed by atoms with Crippen molar-refractivity contribution in [2.75, 3.05) is 13.1 Å². The molecule has 3 rings (SSSR count). The molecule has 1 aromatic rings. The van der Waals surface area contributed by atoms with Gasteiger partial charge < -0.3 is 15.4 Å². The van der Waals surface area contributed by atoms with Crippen LogP contribution in [0, 0.1) is 0 Å². The van der Waals surface area contributed by atoms with E-state index in [-0.39, 0.29) is 30.5 Å². The van der Waals surface area contributed by atoms with Gasteiger partial charge in [0.05, 0.1) is 6.10 Å². The van der Waals surface area contributed by atoms with Gasteiger partial charge >= 0.3 is 0 Å². The highest BCUT2D eigenvalue weighted by molar-refractivity contribution is 9.10. The van der Waals surface area contributed by atoms with E-state index in [1.165, 1.54) is 11.1 Å². The Morgan fingerprint density at radius 2 is 2.24 bits per heavy atom. The summed E-state index contributed by atoms with van der Waals surface area (Å²) in [5.41, 5.74) is 8.15. The average Bonchev–Trinajstić information content (AvgIpc) is 2.95. The Kier molecular flexibility index (Phi) is 5.66. The second kappa shape index (κ2) is 7.09. The smallest absolute Gasteiger partial charge is 0.252 e. The zero-order valence-corrected chi connectivity index (χ0v) is 14.2. The van der Waals surface area contributed by atoms with Gasteiger partial charge in [0, 0.05) is 24.1 Å². The molecule has 1 amide bonds. The topological polar surface area (TPSA) is 55.6 Å². The quantitative estimate of drug-likeness (QED) is 0.862. The number of hydrogen-bond donors (Lipinski definition) is 1. The maximum absolute atomic E-state index is 12.5. The molecule has 2 aliphatic rings. The maximum atomic E-state index is 12.5. The standard InChI is InChI=1S/C15H19BrN2O2.ClH/c16-13-3-1-2-10-6-7-18(9-12(10)13)15(19)14-5-4-11(8-17)20-14;/h1-3,11,14H,4-9,17H2;1H/t11-,14+;/m1./s1. The van der Waals surface area contributed by atoms with E-state index < -0.39 is 0 Å². The van der Waals surface area contributed by atoms with Gasteiger partial charge in [-0.1, -0.05) is 28.1 Å². The minimum atomic E-state index is -0.299. The average molecular weight is 376 g/mol. The van der Waals surface area contributed by atoms with E-state index in [1.54, 1.807) is 0 Å². The van der Waals surface area contributed by atoms with E-state index >= 15 is 0 Å². The van der Waals surface area contributed by atoms with Gasteiger partial charge in [0.1, 0.15) is 6.10 Å². The van der Waals surface area contributed by atoms with Crippen molar-refractivity contribution >= 4 is 34.2 Å². The monoisotopic (exact) mass is 374 g/mol. The van der Waals surface area contributed by atoms with Crippen molar-refractivity contribution in [3.05, 3.63) is 33.8 Å². The Labute approximate surface area is 139 Å². The number of nitrogens with two attached hydrogens (primary N) is 1. The van der Waals surface area contributed by atoms with E-state index in [2.05, 4.69) is 22.0 Å². The molecule has 2 heterocycles. The van der Waals surface area contributed by atoms with E-state index in [0.717, 1.165) is 30.3 Å². The van der Waals surface area contributed by atoms with Gasteiger partial charge in [-0.3, -0.25) is 4.79 Å². The molecular formula is C15H20BrClN2O2. The predicted octanol–water partition coefficient (Wildman–Crippen LogP) is 2.26. The van der Waals surface area contributed by atoms with Crippen LogP contribution in [0.2, 0.25) is 0 Å². The van der Waals surface area contributed by atoms with Crippen LogP contribution in [0.4, 0.5) is 0 Å². The van der Waals surface area contributed by atoms with Gasteiger partial charge in [-0.2, -0.15) is 0 Å². The molecule has 0 radical (unpaired) electrons. The molecule has 1 fully saturated rings. The van der Waals surface area contributed by atoms with E-state index in [4.69, 9.17) is 10.5 Å². The SMILES string of the molecule is Cl.NC[C@H]1CC[C@@H](C(=O)N2CCc3cccc(Br)c3C2)O1. The number of nitrogens with zero attached hydrogens (tertiary/aromatic N) is 1. The Balaban J connectivity index is 0.00000161. The van der Waals surface area contributed by atoms with Gasteiger partial charge in [-0.15, -0.1) is 12.4 Å². The molecule has 2 N–H and O–H groups in total. The summed E-state index contributed by atoms with van der Waals surface area (Å²) >= 11 is 3.58. The first-order chi connectivity index (χ1) is 9.69. The van der Waals surface area contributed by atoms with E-state index in [1.807, 2.05) is 17.0 Å². The van der Waals surface area contributed by atoms with Crippen LogP contribution < -0.4 is 5.73 Å². The number of ether oxygens (including phenoxy) is 1. The molecule has 0 spiro atoms. The zero-order chi connectivity index (χ0) is 14.1. The molecule has 2 aliphatic heterocycles. The Bertz CT molecular complexity index is 526. The number of fused-ring (bicyclic) bond motifs is 1. The summed E-state index contributed by atoms with van der Waals surface area (Å²) < 4.78 is 6.80. The third-order valence-corrected chi connectivity index (χ3v) is 4.92. The van der Waals surface area contributed by atoms with Crippen molar-refractivity contribution in [3.63, 3.8) is 0 Å². The Hall–Kier alpha value is -0.620. The van der Waals surface area contributed by atoms with Crippen LogP contribution in [0.3, 0.4) is 0 Å². The van der Waals surface area contributed by atoms with Crippen molar-refractivity contribution in [2.24, 2.45) is 5.73 Å². The summed E-state index contributed by atoms with van der Waals surface area (Å²) in [6.45, 7) is 1.94. The minimum absolute atomic E-state index is 0. The zero-order valence-electron chi connectivity index (χ0n) is 11.8. The molecule has 0 bridgehead atoms. The van der Waals surface area contributed by atoms with E-state index in [9.17, 15) is 4.79 Å². The summed E-state index contributed by atoms with van der Waals surface area (Å²) in [5, 5.41) is 0. The molecule has 4 nitrogen and oxygen atoms in total. The van der Waals surface area contributed by atoms with Crippen LogP contribution in [-0.2, 0) is 22.5 Å². The number of hydrogen-bond acceptors (Lipinski definition) is 3. The Morgan fingerprint density at radius 1 is 1.43 bits per heavy atom. The largest absolute Gasteiger partial charge is 0.364 e. The van der Waals surface area contributed by atoms with Crippen LogP contribution >= 0.6 is 28.3 Å². The lowest BCUT2D eigenvalue weighted by atomic mass is 9.99. The number of benzene rings is 1. The lowest BCUT2D eigenvalue weighted by Crippen LogP contribution is -2.42. The normalized spacial score (nSPS) is 24.4. The summed E-state index contributed by atoms with van der Waals surface area (Å²) in [5.74, 6) is 0.113. The number of halogens is 2. The van der Waals surface area contributed by atoms with Crippen molar-refractivity contribution in [2.45, 2.75) is 38.0 Å². The van der Waals surface area contributed by atoms with Crippen LogP contribution in [0.1, 0.15) is 24.0 Å². The highest BCUT2D eigenvalue weighted by atomic mass is 79.9. The predicted molar refractivity (Wildman–Crippen MR) is 87.5 cm³/mol. The van der Waals surface area contributed by atoms with Crippen LogP contribution in [0.25, 0.3) is 0 Å². The minimum Gasteiger partial charge on any atom is -0.364 e. The second-order valence-electron chi connectivity index (χ2n) is 5.45. The molecule has 0 saturated carbocycles. The third kappa shape index (κ3) is 3.42. The highest BCUT2D eigenvalue weighted by Crippen LogP contribution is 2.28. The fourth-order valence-corrected chi connectivity index (χ4v) is 3.53. The number of carbonyl (C=O) groups excluding carboxylic acids is 1. The molecule has 116 valence electrons. The van der Waals surface area contributed by atoms with Crippen LogP contribution in [0.15, 0.2) is 22.7 Å². The van der Waals surface area contributed by atoms with Crippen molar-refractivity contribution in [3.8, 4) is 0 Å². The van der Waals surface area contributed by atoms with Gasteiger partial charge in [0.15, 0.2) is 0 Å². The van der Waals surface area contributed by atoms with Crippen LogP contribution in [-0.4, -0.2) is 36.1 Å². The fourth-order valence-electron chi connectivity index (χ4n) is 2.99. The molecule has 1 aromatic carbocycles. The molecule has 2 atom stereocenters. The Morgan fingerprint density at radius 3 is 2.95 bits per heavy atom. The molecular weight excluding hydrogens is 356 g/mol. The van der Waals surface area contributed by atoms with Crippen molar-refractivity contribution in [1.82, 2.24) is 4.90 Å². The first-order valence-electron chi connectivity index (χ1n) is 7.09. The number of carbonyl (C=O) groups is 1. The van der Waals surface area contributed by atoms with Gasteiger partial charge in [-0.05, 0) is 36.5 Å². The molecule has 0 aliphatic carbocycles. The summed E-state index contributed by atoms with van der Waals surface area (Å²) in [4.78, 5) is 14.4. The van der Waals surface area contributed by atoms with Gasteiger partial charge in [-0.25, -0.2) is 0 Å². The van der Waals surface area contributed by atoms with Crippen molar-refractivity contribution < 1.29 is 9.53 Å².